The highest BCUT2D eigenvalue weighted by Crippen LogP contribution is 2.22. The number of amides is 3. The molecule has 2 saturated heterocycles. The Hall–Kier alpha value is -1.47. The molecule has 0 bridgehead atoms. The van der Waals surface area contributed by atoms with Gasteiger partial charge in [0.05, 0.1) is 19.0 Å². The lowest BCUT2D eigenvalue weighted by atomic mass is 10.0. The van der Waals surface area contributed by atoms with E-state index in [0.29, 0.717) is 0 Å². The van der Waals surface area contributed by atoms with Gasteiger partial charge in [-0.25, -0.2) is 0 Å². The van der Waals surface area contributed by atoms with Crippen LogP contribution in [0.4, 0.5) is 0 Å². The number of likely N-dealkylation sites (tertiary alicyclic amines) is 1. The smallest absolute Gasteiger partial charge is 0.246 e. The number of hydrogen-bond acceptors (Lipinski definition) is 5. The second-order valence-electron chi connectivity index (χ2n) is 5.13. The van der Waals surface area contributed by atoms with Crippen LogP contribution in [0, 0.1) is 0 Å². The molecule has 106 valence electrons. The average molecular weight is 268 g/mol. The molecular weight excluding hydrogens is 248 g/mol. The molecule has 3 amide bonds. The highest BCUT2D eigenvalue weighted by atomic mass is 16.2. The van der Waals surface area contributed by atoms with Gasteiger partial charge in [-0.3, -0.25) is 24.2 Å². The summed E-state index contributed by atoms with van der Waals surface area (Å²) in [5.74, 6) is -0.892. The first-order valence-electron chi connectivity index (χ1n) is 6.56. The summed E-state index contributed by atoms with van der Waals surface area (Å²) in [6, 6.07) is -0.407. The Bertz CT molecular complexity index is 392. The van der Waals surface area contributed by atoms with Crippen LogP contribution >= 0.6 is 0 Å². The van der Waals surface area contributed by atoms with E-state index in [1.54, 1.807) is 0 Å². The summed E-state index contributed by atoms with van der Waals surface area (Å²) in [5, 5.41) is 3.24. The van der Waals surface area contributed by atoms with Crippen molar-refractivity contribution in [1.29, 1.82) is 0 Å². The highest BCUT2D eigenvalue weighted by molar-refractivity contribution is 6.05. The molecule has 7 nitrogen and oxygen atoms in total. The van der Waals surface area contributed by atoms with E-state index in [1.807, 2.05) is 4.90 Å². The maximum Gasteiger partial charge on any atom is 0.246 e. The number of nitrogens with zero attached hydrogens (tertiary/aromatic N) is 2. The van der Waals surface area contributed by atoms with Crippen LogP contribution in [0.5, 0.6) is 0 Å². The first-order valence-corrected chi connectivity index (χ1v) is 6.56. The Kier molecular flexibility index (Phi) is 4.16. The second kappa shape index (κ2) is 5.66. The van der Waals surface area contributed by atoms with Gasteiger partial charge in [-0.15, -0.1) is 0 Å². The fraction of sp³-hybridized carbons (Fsp3) is 0.750. The molecule has 7 heteroatoms. The summed E-state index contributed by atoms with van der Waals surface area (Å²) in [4.78, 5) is 37.9. The number of carbonyl (C=O) groups is 3. The molecule has 2 aliphatic heterocycles. The largest absolute Gasteiger partial charge is 0.369 e. The second-order valence-corrected chi connectivity index (χ2v) is 5.13. The molecule has 3 N–H and O–H groups in total. The number of rotatable bonds is 4. The maximum atomic E-state index is 12.1. The molecule has 2 aliphatic rings. The predicted octanol–water partition coefficient (Wildman–Crippen LogP) is -1.72. The van der Waals surface area contributed by atoms with Crippen LogP contribution < -0.4 is 11.1 Å². The molecule has 1 unspecified atom stereocenters. The normalized spacial score (nSPS) is 25.4. The van der Waals surface area contributed by atoms with Gasteiger partial charge in [-0.05, 0) is 25.9 Å². The predicted molar refractivity (Wildman–Crippen MR) is 68.0 cm³/mol. The third-order valence-corrected chi connectivity index (χ3v) is 3.87. The van der Waals surface area contributed by atoms with Gasteiger partial charge in [-0.1, -0.05) is 0 Å². The number of hydrogen-bond donors (Lipinski definition) is 2. The van der Waals surface area contributed by atoms with Gasteiger partial charge in [-0.2, -0.15) is 0 Å². The van der Waals surface area contributed by atoms with Gasteiger partial charge in [0.1, 0.15) is 0 Å². The minimum Gasteiger partial charge on any atom is -0.369 e. The van der Waals surface area contributed by atoms with Crippen LogP contribution in [0.1, 0.15) is 19.3 Å². The Morgan fingerprint density at radius 3 is 2.53 bits per heavy atom. The van der Waals surface area contributed by atoms with Crippen molar-refractivity contribution in [2.24, 2.45) is 5.73 Å². The summed E-state index contributed by atoms with van der Waals surface area (Å²) in [6.07, 6.45) is 1.86. The van der Waals surface area contributed by atoms with Crippen molar-refractivity contribution in [2.45, 2.75) is 31.3 Å². The van der Waals surface area contributed by atoms with Gasteiger partial charge < -0.3 is 11.1 Å². The zero-order valence-electron chi connectivity index (χ0n) is 11.1. The van der Waals surface area contributed by atoms with E-state index in [2.05, 4.69) is 5.32 Å². The third kappa shape index (κ3) is 2.93. The van der Waals surface area contributed by atoms with Gasteiger partial charge in [0, 0.05) is 13.1 Å². The Morgan fingerprint density at radius 2 is 2.05 bits per heavy atom. The highest BCUT2D eigenvalue weighted by Gasteiger charge is 2.42. The number of carbonyl (C=O) groups excluding carboxylic acids is 3. The Labute approximate surface area is 112 Å². The van der Waals surface area contributed by atoms with Gasteiger partial charge in [0.15, 0.2) is 0 Å². The van der Waals surface area contributed by atoms with E-state index < -0.39 is 11.9 Å². The lowest BCUT2D eigenvalue weighted by molar-refractivity contribution is -0.138. The fourth-order valence-corrected chi connectivity index (χ4v) is 2.81. The lowest BCUT2D eigenvalue weighted by Crippen LogP contribution is -2.53. The van der Waals surface area contributed by atoms with Crippen molar-refractivity contribution < 1.29 is 14.4 Å². The Balaban J connectivity index is 2.15. The van der Waals surface area contributed by atoms with Crippen LogP contribution in [0.25, 0.3) is 0 Å². The van der Waals surface area contributed by atoms with Gasteiger partial charge in [0.25, 0.3) is 0 Å². The van der Waals surface area contributed by atoms with Crippen LogP contribution in [0.3, 0.4) is 0 Å². The molecule has 1 atom stereocenters. The van der Waals surface area contributed by atoms with E-state index in [0.717, 1.165) is 30.8 Å². The minimum atomic E-state index is -0.534. The van der Waals surface area contributed by atoms with Crippen molar-refractivity contribution >= 4 is 17.7 Å². The maximum absolute atomic E-state index is 12.1. The summed E-state index contributed by atoms with van der Waals surface area (Å²) in [7, 11) is 1.48. The van der Waals surface area contributed by atoms with Crippen molar-refractivity contribution in [3.05, 3.63) is 0 Å². The monoisotopic (exact) mass is 268 g/mol. The van der Waals surface area contributed by atoms with E-state index in [-0.39, 0.29) is 30.8 Å². The number of nitrogens with two attached hydrogens (primary N) is 1. The zero-order valence-corrected chi connectivity index (χ0v) is 11.1. The molecule has 2 heterocycles. The molecule has 0 spiro atoms. The summed E-state index contributed by atoms with van der Waals surface area (Å²) >= 11 is 0. The molecule has 0 aromatic heterocycles. The van der Waals surface area contributed by atoms with Crippen molar-refractivity contribution in [1.82, 2.24) is 15.1 Å². The molecule has 0 aromatic carbocycles. The van der Waals surface area contributed by atoms with Crippen LogP contribution in [0.15, 0.2) is 0 Å². The molecule has 0 saturated carbocycles. The fourth-order valence-electron chi connectivity index (χ4n) is 2.81. The molecule has 0 radical (unpaired) electrons. The quantitative estimate of drug-likeness (QED) is 0.592. The average Bonchev–Trinajstić information content (AvgIpc) is 2.64. The lowest BCUT2D eigenvalue weighted by Gasteiger charge is -2.36. The topological polar surface area (TPSA) is 95.7 Å². The standard InChI is InChI=1S/C12H20N4O3/c1-15-11(18)6-9(12(15)19)16(7-10(13)17)8-2-4-14-5-3-8/h8-9,14H,2-7H2,1H3,(H2,13,17). The first-order chi connectivity index (χ1) is 9.00. The summed E-state index contributed by atoms with van der Waals surface area (Å²) < 4.78 is 0. The molecule has 19 heavy (non-hydrogen) atoms. The minimum absolute atomic E-state index is 0.0300. The van der Waals surface area contributed by atoms with Crippen LogP contribution in [-0.2, 0) is 14.4 Å². The van der Waals surface area contributed by atoms with Crippen LogP contribution in [0.2, 0.25) is 0 Å². The summed E-state index contributed by atoms with van der Waals surface area (Å²) in [5.41, 5.74) is 5.28. The molecular formula is C12H20N4O3. The van der Waals surface area contributed by atoms with Crippen molar-refractivity contribution in [2.75, 3.05) is 26.7 Å². The van der Waals surface area contributed by atoms with Crippen molar-refractivity contribution in [3.63, 3.8) is 0 Å². The molecule has 0 aromatic rings. The number of primary amides is 1. The molecule has 2 fully saturated rings. The number of imide groups is 1. The Morgan fingerprint density at radius 1 is 1.42 bits per heavy atom. The third-order valence-electron chi connectivity index (χ3n) is 3.87. The number of piperidine rings is 1. The number of nitrogens with one attached hydrogen (secondary N) is 1. The first kappa shape index (κ1) is 14.0. The van der Waals surface area contributed by atoms with E-state index in [1.165, 1.54) is 7.05 Å². The summed E-state index contributed by atoms with van der Waals surface area (Å²) in [6.45, 7) is 1.73. The number of likely N-dealkylation sites (N-methyl/N-ethyl adjacent to an activating group) is 1. The molecule has 2 rings (SSSR count). The zero-order chi connectivity index (χ0) is 14.0. The van der Waals surface area contributed by atoms with E-state index >= 15 is 0 Å². The van der Waals surface area contributed by atoms with Crippen LogP contribution in [-0.4, -0.2) is 66.3 Å². The van der Waals surface area contributed by atoms with Gasteiger partial charge in [0.2, 0.25) is 17.7 Å². The molecule has 0 aliphatic carbocycles. The van der Waals surface area contributed by atoms with E-state index in [9.17, 15) is 14.4 Å². The SMILES string of the molecule is CN1C(=O)CC(N(CC(N)=O)C2CCNCC2)C1=O. The van der Waals surface area contributed by atoms with E-state index in [4.69, 9.17) is 5.73 Å². The van der Waals surface area contributed by atoms with Gasteiger partial charge >= 0.3 is 0 Å². The van der Waals surface area contributed by atoms with Crippen molar-refractivity contribution in [3.8, 4) is 0 Å².